The van der Waals surface area contributed by atoms with Crippen LogP contribution >= 0.6 is 0 Å². The topological polar surface area (TPSA) is 50.9 Å². The molecule has 0 aliphatic carbocycles. The van der Waals surface area contributed by atoms with E-state index in [1.807, 2.05) is 6.07 Å². The Morgan fingerprint density at radius 2 is 1.95 bits per heavy atom. The molecule has 0 spiro atoms. The lowest BCUT2D eigenvalue weighted by Crippen LogP contribution is -2.06. The Kier molecular flexibility index (Phi) is 3.71. The number of pyridine rings is 1. The lowest BCUT2D eigenvalue weighted by molar-refractivity contribution is -0.137. The SMILES string of the molecule is NCc1cccc(Nc2cc(C(F)(F)F)ccn2)c1. The summed E-state index contributed by atoms with van der Waals surface area (Å²) in [7, 11) is 0. The van der Waals surface area contributed by atoms with Gasteiger partial charge in [0.15, 0.2) is 0 Å². The summed E-state index contributed by atoms with van der Waals surface area (Å²) in [5.74, 6) is 0.143. The van der Waals surface area contributed by atoms with E-state index in [1.165, 1.54) is 0 Å². The summed E-state index contributed by atoms with van der Waals surface area (Å²) in [6.45, 7) is 0.367. The number of rotatable bonds is 3. The van der Waals surface area contributed by atoms with Crippen LogP contribution in [0.25, 0.3) is 0 Å². The van der Waals surface area contributed by atoms with Crippen LogP contribution in [0.3, 0.4) is 0 Å². The predicted octanol–water partition coefficient (Wildman–Crippen LogP) is 3.30. The largest absolute Gasteiger partial charge is 0.416 e. The summed E-state index contributed by atoms with van der Waals surface area (Å²) in [5.41, 5.74) is 6.30. The zero-order valence-electron chi connectivity index (χ0n) is 9.91. The molecule has 6 heteroatoms. The van der Waals surface area contributed by atoms with Gasteiger partial charge in [-0.2, -0.15) is 13.2 Å². The van der Waals surface area contributed by atoms with E-state index in [1.54, 1.807) is 18.2 Å². The third-order valence-electron chi connectivity index (χ3n) is 2.52. The average molecular weight is 267 g/mol. The summed E-state index contributed by atoms with van der Waals surface area (Å²) < 4.78 is 37.7. The van der Waals surface area contributed by atoms with E-state index < -0.39 is 11.7 Å². The number of nitrogens with zero attached hydrogens (tertiary/aromatic N) is 1. The second kappa shape index (κ2) is 5.27. The highest BCUT2D eigenvalue weighted by atomic mass is 19.4. The second-order valence-electron chi connectivity index (χ2n) is 3.96. The highest BCUT2D eigenvalue weighted by Crippen LogP contribution is 2.30. The maximum atomic E-state index is 12.6. The quantitative estimate of drug-likeness (QED) is 0.897. The van der Waals surface area contributed by atoms with Crippen LogP contribution in [0.4, 0.5) is 24.7 Å². The molecule has 0 atom stereocenters. The Morgan fingerprint density at radius 1 is 1.16 bits per heavy atom. The van der Waals surface area contributed by atoms with Gasteiger partial charge >= 0.3 is 6.18 Å². The molecule has 2 aromatic rings. The van der Waals surface area contributed by atoms with Gasteiger partial charge in [-0.1, -0.05) is 12.1 Å². The monoisotopic (exact) mass is 267 g/mol. The molecule has 0 unspecified atom stereocenters. The molecule has 3 N–H and O–H groups in total. The lowest BCUT2D eigenvalue weighted by Gasteiger charge is -2.10. The maximum Gasteiger partial charge on any atom is 0.416 e. The number of nitrogens with two attached hydrogens (primary N) is 1. The van der Waals surface area contributed by atoms with Crippen molar-refractivity contribution in [3.63, 3.8) is 0 Å². The van der Waals surface area contributed by atoms with Crippen LogP contribution in [0.1, 0.15) is 11.1 Å². The maximum absolute atomic E-state index is 12.6. The summed E-state index contributed by atoms with van der Waals surface area (Å²) in [5, 5.41) is 2.82. The Hall–Kier alpha value is -2.08. The summed E-state index contributed by atoms with van der Waals surface area (Å²) >= 11 is 0. The van der Waals surface area contributed by atoms with Crippen molar-refractivity contribution in [1.29, 1.82) is 0 Å². The van der Waals surface area contributed by atoms with E-state index in [2.05, 4.69) is 10.3 Å². The fourth-order valence-corrected chi connectivity index (χ4v) is 1.60. The van der Waals surface area contributed by atoms with Crippen LogP contribution in [-0.2, 0) is 12.7 Å². The Morgan fingerprint density at radius 3 is 2.63 bits per heavy atom. The molecule has 2 rings (SSSR count). The Labute approximate surface area is 108 Å². The van der Waals surface area contributed by atoms with Gasteiger partial charge in [0.2, 0.25) is 0 Å². The van der Waals surface area contributed by atoms with Crippen LogP contribution in [0, 0.1) is 0 Å². The van der Waals surface area contributed by atoms with Gasteiger partial charge in [-0.15, -0.1) is 0 Å². The van der Waals surface area contributed by atoms with Crippen molar-refractivity contribution >= 4 is 11.5 Å². The van der Waals surface area contributed by atoms with Crippen molar-refractivity contribution in [2.45, 2.75) is 12.7 Å². The fraction of sp³-hybridized carbons (Fsp3) is 0.154. The van der Waals surface area contributed by atoms with Crippen molar-refractivity contribution in [3.05, 3.63) is 53.7 Å². The third-order valence-corrected chi connectivity index (χ3v) is 2.52. The highest BCUT2D eigenvalue weighted by Gasteiger charge is 2.30. The van der Waals surface area contributed by atoms with E-state index in [9.17, 15) is 13.2 Å². The van der Waals surface area contributed by atoms with Crippen LogP contribution in [0.15, 0.2) is 42.6 Å². The zero-order chi connectivity index (χ0) is 13.9. The van der Waals surface area contributed by atoms with Gasteiger partial charge in [0.25, 0.3) is 0 Å². The van der Waals surface area contributed by atoms with E-state index in [0.717, 1.165) is 23.9 Å². The van der Waals surface area contributed by atoms with E-state index in [0.29, 0.717) is 12.2 Å². The molecule has 0 radical (unpaired) electrons. The normalized spacial score (nSPS) is 11.4. The molecule has 1 aromatic heterocycles. The smallest absolute Gasteiger partial charge is 0.340 e. The van der Waals surface area contributed by atoms with Gasteiger partial charge in [0.1, 0.15) is 5.82 Å². The zero-order valence-corrected chi connectivity index (χ0v) is 9.91. The minimum atomic E-state index is -4.38. The molecule has 0 bridgehead atoms. The Balaban J connectivity index is 2.23. The minimum absolute atomic E-state index is 0.143. The summed E-state index contributed by atoms with van der Waals surface area (Å²) in [4.78, 5) is 3.86. The van der Waals surface area contributed by atoms with Gasteiger partial charge in [0, 0.05) is 18.4 Å². The molecule has 0 aliphatic heterocycles. The first-order valence-corrected chi connectivity index (χ1v) is 5.58. The highest BCUT2D eigenvalue weighted by molar-refractivity contribution is 5.57. The average Bonchev–Trinajstić information content (AvgIpc) is 2.38. The van der Waals surface area contributed by atoms with E-state index in [4.69, 9.17) is 5.73 Å². The molecule has 3 nitrogen and oxygen atoms in total. The van der Waals surface area contributed by atoms with Gasteiger partial charge in [-0.05, 0) is 29.8 Å². The van der Waals surface area contributed by atoms with E-state index >= 15 is 0 Å². The number of alkyl halides is 3. The molecular weight excluding hydrogens is 255 g/mol. The first-order chi connectivity index (χ1) is 8.99. The van der Waals surface area contributed by atoms with Crippen LogP contribution in [0.2, 0.25) is 0 Å². The van der Waals surface area contributed by atoms with Gasteiger partial charge in [-0.25, -0.2) is 4.98 Å². The standard InChI is InChI=1S/C13H12F3N3/c14-13(15,16)10-4-5-18-12(7-10)19-11-3-1-2-9(6-11)8-17/h1-7H,8,17H2,(H,18,19). The number of hydrogen-bond acceptors (Lipinski definition) is 3. The molecule has 0 aliphatic rings. The van der Waals surface area contributed by atoms with Gasteiger partial charge < -0.3 is 11.1 Å². The van der Waals surface area contributed by atoms with Gasteiger partial charge in [0.05, 0.1) is 5.56 Å². The van der Waals surface area contributed by atoms with Crippen LogP contribution < -0.4 is 11.1 Å². The molecule has 1 aromatic carbocycles. The van der Waals surface area contributed by atoms with Crippen molar-refractivity contribution in [3.8, 4) is 0 Å². The molecule has 0 saturated carbocycles. The molecule has 1 heterocycles. The molecule has 19 heavy (non-hydrogen) atoms. The van der Waals surface area contributed by atoms with Crippen molar-refractivity contribution in [2.75, 3.05) is 5.32 Å². The number of aromatic nitrogens is 1. The number of nitrogens with one attached hydrogen (secondary N) is 1. The van der Waals surface area contributed by atoms with Crippen LogP contribution in [-0.4, -0.2) is 4.98 Å². The number of benzene rings is 1. The number of hydrogen-bond donors (Lipinski definition) is 2. The first-order valence-electron chi connectivity index (χ1n) is 5.58. The molecule has 0 saturated heterocycles. The summed E-state index contributed by atoms with van der Waals surface area (Å²) in [6, 6.07) is 9.02. The lowest BCUT2D eigenvalue weighted by atomic mass is 10.2. The molecule has 100 valence electrons. The predicted molar refractivity (Wildman–Crippen MR) is 66.9 cm³/mol. The number of halogens is 3. The second-order valence-corrected chi connectivity index (χ2v) is 3.96. The molecular formula is C13H12F3N3. The summed E-state index contributed by atoms with van der Waals surface area (Å²) in [6.07, 6.45) is -3.25. The third kappa shape index (κ3) is 3.45. The fourth-order valence-electron chi connectivity index (χ4n) is 1.60. The van der Waals surface area contributed by atoms with Crippen molar-refractivity contribution in [2.24, 2.45) is 5.73 Å². The Bertz CT molecular complexity index is 567. The number of anilines is 2. The van der Waals surface area contributed by atoms with Crippen molar-refractivity contribution < 1.29 is 13.2 Å². The first kappa shape index (κ1) is 13.4. The molecule has 0 fully saturated rings. The minimum Gasteiger partial charge on any atom is -0.340 e. The van der Waals surface area contributed by atoms with Crippen molar-refractivity contribution in [1.82, 2.24) is 4.98 Å². The molecule has 0 amide bonds. The van der Waals surface area contributed by atoms with E-state index in [-0.39, 0.29) is 5.82 Å². The van der Waals surface area contributed by atoms with Gasteiger partial charge in [-0.3, -0.25) is 0 Å². The van der Waals surface area contributed by atoms with Crippen LogP contribution in [0.5, 0.6) is 0 Å².